The maximum Gasteiger partial charge on any atom is 0.163 e. The van der Waals surface area contributed by atoms with Crippen molar-refractivity contribution in [2.45, 2.75) is 25.6 Å². The van der Waals surface area contributed by atoms with E-state index in [9.17, 15) is 17.6 Å². The zero-order chi connectivity index (χ0) is 19.0. The fraction of sp³-hybridized carbons (Fsp3) is 0.238. The number of nitrogens with zero attached hydrogens (tertiary/aromatic N) is 2. The maximum absolute atomic E-state index is 14.6. The normalized spacial score (nSPS) is 17.6. The van der Waals surface area contributed by atoms with Gasteiger partial charge in [-0.1, -0.05) is 18.2 Å². The summed E-state index contributed by atoms with van der Waals surface area (Å²) in [6, 6.07) is 10.8. The van der Waals surface area contributed by atoms with Gasteiger partial charge in [0.05, 0.1) is 6.04 Å². The average Bonchev–Trinajstić information content (AvgIpc) is 3.03. The van der Waals surface area contributed by atoms with Crippen LogP contribution in [0.1, 0.15) is 29.3 Å². The van der Waals surface area contributed by atoms with Crippen molar-refractivity contribution < 1.29 is 17.6 Å². The highest BCUT2D eigenvalue weighted by atomic mass is 19.2. The molecule has 6 heteroatoms. The number of rotatable bonds is 3. The third kappa shape index (κ3) is 3.25. The summed E-state index contributed by atoms with van der Waals surface area (Å²) in [5.74, 6) is -3.16. The van der Waals surface area contributed by atoms with E-state index in [1.807, 2.05) is 22.9 Å². The molecule has 27 heavy (non-hydrogen) atoms. The van der Waals surface area contributed by atoms with Gasteiger partial charge in [-0.15, -0.1) is 0 Å². The molecule has 0 fully saturated rings. The molecule has 1 aromatic heterocycles. The van der Waals surface area contributed by atoms with Crippen LogP contribution >= 0.6 is 0 Å². The minimum Gasteiger partial charge on any atom is -0.350 e. The van der Waals surface area contributed by atoms with Crippen molar-refractivity contribution in [3.8, 4) is 0 Å². The summed E-state index contributed by atoms with van der Waals surface area (Å²) in [6.07, 6.45) is 2.61. The number of benzene rings is 2. The highest BCUT2D eigenvalue weighted by molar-refractivity contribution is 5.32. The molecule has 2 heterocycles. The minimum atomic E-state index is -0.938. The lowest BCUT2D eigenvalue weighted by molar-refractivity contribution is 0.209. The molecule has 0 bridgehead atoms. The van der Waals surface area contributed by atoms with Gasteiger partial charge in [0.25, 0.3) is 0 Å². The van der Waals surface area contributed by atoms with Crippen LogP contribution in [0.15, 0.2) is 54.7 Å². The molecule has 140 valence electrons. The number of aryl methyl sites for hydroxylation is 1. The second-order valence-corrected chi connectivity index (χ2v) is 6.70. The van der Waals surface area contributed by atoms with Crippen LogP contribution in [0.4, 0.5) is 17.6 Å². The summed E-state index contributed by atoms with van der Waals surface area (Å²) in [7, 11) is 0. The molecule has 0 N–H and O–H groups in total. The fourth-order valence-corrected chi connectivity index (χ4v) is 3.78. The lowest BCUT2D eigenvalue weighted by Crippen LogP contribution is -2.31. The van der Waals surface area contributed by atoms with E-state index in [-0.39, 0.29) is 17.7 Å². The van der Waals surface area contributed by atoms with Gasteiger partial charge in [-0.3, -0.25) is 4.90 Å². The molecule has 0 saturated heterocycles. The lowest BCUT2D eigenvalue weighted by Gasteiger charge is -2.31. The van der Waals surface area contributed by atoms with Crippen molar-refractivity contribution in [1.29, 1.82) is 0 Å². The predicted molar refractivity (Wildman–Crippen MR) is 94.0 cm³/mol. The number of fused-ring (bicyclic) bond motifs is 1. The molecule has 0 unspecified atom stereocenters. The quantitative estimate of drug-likeness (QED) is 0.583. The van der Waals surface area contributed by atoms with Crippen LogP contribution in [0.2, 0.25) is 0 Å². The van der Waals surface area contributed by atoms with E-state index in [1.165, 1.54) is 30.3 Å². The van der Waals surface area contributed by atoms with Gasteiger partial charge in [0, 0.05) is 42.7 Å². The van der Waals surface area contributed by atoms with Gasteiger partial charge in [0.1, 0.15) is 11.6 Å². The van der Waals surface area contributed by atoms with Gasteiger partial charge in [0.2, 0.25) is 0 Å². The Labute approximate surface area is 154 Å². The van der Waals surface area contributed by atoms with E-state index < -0.39 is 29.3 Å². The first kappa shape index (κ1) is 17.8. The van der Waals surface area contributed by atoms with E-state index in [1.54, 1.807) is 4.90 Å². The van der Waals surface area contributed by atoms with E-state index in [0.717, 1.165) is 18.2 Å². The minimum absolute atomic E-state index is 0.0374. The number of aromatic nitrogens is 1. The molecule has 4 rings (SSSR count). The van der Waals surface area contributed by atoms with Gasteiger partial charge < -0.3 is 4.57 Å². The summed E-state index contributed by atoms with van der Waals surface area (Å²) in [4.78, 5) is 1.80. The van der Waals surface area contributed by atoms with Crippen molar-refractivity contribution in [3.05, 3.63) is 94.8 Å². The van der Waals surface area contributed by atoms with Crippen LogP contribution in [-0.2, 0) is 13.1 Å². The van der Waals surface area contributed by atoms with Crippen LogP contribution in [0, 0.1) is 23.3 Å². The molecular weight excluding hydrogens is 356 g/mol. The first-order valence-corrected chi connectivity index (χ1v) is 8.82. The van der Waals surface area contributed by atoms with E-state index in [2.05, 4.69) is 0 Å². The SMILES string of the molecule is Fc1cccc([C@H]2c3cccn3CCCN2Cc2c(F)cccc2F)c1F. The van der Waals surface area contributed by atoms with Gasteiger partial charge in [-0.2, -0.15) is 0 Å². The van der Waals surface area contributed by atoms with Gasteiger partial charge in [-0.05, 0) is 36.8 Å². The van der Waals surface area contributed by atoms with Crippen molar-refractivity contribution in [2.75, 3.05) is 6.54 Å². The van der Waals surface area contributed by atoms with Crippen LogP contribution in [0.3, 0.4) is 0 Å². The Morgan fingerprint density at radius 1 is 0.815 bits per heavy atom. The Kier molecular flexibility index (Phi) is 4.74. The molecule has 2 nitrogen and oxygen atoms in total. The van der Waals surface area contributed by atoms with Gasteiger partial charge >= 0.3 is 0 Å². The first-order valence-electron chi connectivity index (χ1n) is 8.82. The molecule has 0 spiro atoms. The van der Waals surface area contributed by atoms with E-state index in [0.29, 0.717) is 13.1 Å². The smallest absolute Gasteiger partial charge is 0.163 e. The highest BCUT2D eigenvalue weighted by Gasteiger charge is 2.31. The highest BCUT2D eigenvalue weighted by Crippen LogP contribution is 2.35. The topological polar surface area (TPSA) is 8.17 Å². The zero-order valence-electron chi connectivity index (χ0n) is 14.5. The summed E-state index contributed by atoms with van der Waals surface area (Å²) in [5.41, 5.74) is 0.863. The molecule has 0 amide bonds. The second-order valence-electron chi connectivity index (χ2n) is 6.70. The molecule has 1 aliphatic rings. The van der Waals surface area contributed by atoms with Crippen molar-refractivity contribution in [3.63, 3.8) is 0 Å². The largest absolute Gasteiger partial charge is 0.350 e. The molecule has 3 aromatic rings. The monoisotopic (exact) mass is 374 g/mol. The van der Waals surface area contributed by atoms with Crippen LogP contribution in [0.25, 0.3) is 0 Å². The maximum atomic E-state index is 14.6. The van der Waals surface area contributed by atoms with Crippen molar-refractivity contribution >= 4 is 0 Å². The average molecular weight is 374 g/mol. The molecule has 1 atom stereocenters. The Bertz CT molecular complexity index is 946. The van der Waals surface area contributed by atoms with E-state index >= 15 is 0 Å². The van der Waals surface area contributed by atoms with E-state index in [4.69, 9.17) is 0 Å². The Morgan fingerprint density at radius 3 is 2.30 bits per heavy atom. The molecule has 1 aliphatic heterocycles. The van der Waals surface area contributed by atoms with Crippen LogP contribution < -0.4 is 0 Å². The third-order valence-electron chi connectivity index (χ3n) is 5.05. The van der Waals surface area contributed by atoms with Crippen molar-refractivity contribution in [2.24, 2.45) is 0 Å². The predicted octanol–water partition coefficient (Wildman–Crippen LogP) is 5.04. The first-order chi connectivity index (χ1) is 13.1. The lowest BCUT2D eigenvalue weighted by atomic mass is 10.00. The molecule has 0 saturated carbocycles. The Hall–Kier alpha value is -2.60. The molecular formula is C21H18F4N2. The summed E-state index contributed by atoms with van der Waals surface area (Å²) in [6.45, 7) is 1.16. The summed E-state index contributed by atoms with van der Waals surface area (Å²) >= 11 is 0. The molecule has 0 aliphatic carbocycles. The standard InChI is InChI=1S/C21H18F4N2/c22-16-6-2-7-17(23)15(16)13-27-12-4-11-26-10-3-9-19(26)21(27)14-5-1-8-18(24)20(14)25/h1-3,5-10,21H,4,11-13H2/t21-/m0/s1. The third-order valence-corrected chi connectivity index (χ3v) is 5.05. The molecule has 0 radical (unpaired) electrons. The summed E-state index contributed by atoms with van der Waals surface area (Å²) < 4.78 is 58.9. The fourth-order valence-electron chi connectivity index (χ4n) is 3.78. The van der Waals surface area contributed by atoms with Crippen molar-refractivity contribution in [1.82, 2.24) is 9.47 Å². The Morgan fingerprint density at radius 2 is 1.52 bits per heavy atom. The zero-order valence-corrected chi connectivity index (χ0v) is 14.5. The van der Waals surface area contributed by atoms with Crippen LogP contribution in [0.5, 0.6) is 0 Å². The number of hydrogen-bond acceptors (Lipinski definition) is 1. The molecule has 2 aromatic carbocycles. The van der Waals surface area contributed by atoms with Crippen LogP contribution in [-0.4, -0.2) is 16.0 Å². The Balaban J connectivity index is 1.82. The number of hydrogen-bond donors (Lipinski definition) is 0. The second kappa shape index (κ2) is 7.19. The van der Waals surface area contributed by atoms with Gasteiger partial charge in [-0.25, -0.2) is 17.6 Å². The van der Waals surface area contributed by atoms with Gasteiger partial charge in [0.15, 0.2) is 11.6 Å². The number of halogens is 4. The summed E-state index contributed by atoms with van der Waals surface area (Å²) in [5, 5.41) is 0.